The molecule has 0 saturated carbocycles. The van der Waals surface area contributed by atoms with Crippen LogP contribution in [0.15, 0.2) is 46.6 Å². The molecular weight excluding hydrogens is 376 g/mol. The fourth-order valence-electron chi connectivity index (χ4n) is 3.08. The first-order valence-electron chi connectivity index (χ1n) is 7.32. The molecule has 3 aromatic rings. The molecule has 1 amide bonds. The zero-order valence-corrected chi connectivity index (χ0v) is 14.7. The number of carbonyl (C=O) groups is 1. The van der Waals surface area contributed by atoms with Crippen molar-refractivity contribution in [1.82, 2.24) is 14.3 Å². The number of carbonyl (C=O) groups excluding carboxylic acids is 1. The predicted octanol–water partition coefficient (Wildman–Crippen LogP) is 2.86. The van der Waals surface area contributed by atoms with Crippen LogP contribution in [-0.4, -0.2) is 33.3 Å². The van der Waals surface area contributed by atoms with Crippen LogP contribution >= 0.6 is 27.3 Å². The maximum atomic E-state index is 12.8. The molecule has 0 spiro atoms. The van der Waals surface area contributed by atoms with E-state index < -0.39 is 5.54 Å². The van der Waals surface area contributed by atoms with Gasteiger partial charge in [-0.1, -0.05) is 30.3 Å². The Morgan fingerprint density at radius 3 is 2.91 bits per heavy atom. The zero-order valence-electron chi connectivity index (χ0n) is 12.3. The van der Waals surface area contributed by atoms with E-state index in [1.54, 1.807) is 6.33 Å². The van der Waals surface area contributed by atoms with Crippen molar-refractivity contribution in [2.75, 3.05) is 13.1 Å². The fourth-order valence-corrected chi connectivity index (χ4v) is 4.55. The highest BCUT2D eigenvalue weighted by atomic mass is 79.9. The van der Waals surface area contributed by atoms with Crippen molar-refractivity contribution < 1.29 is 4.79 Å². The quantitative estimate of drug-likeness (QED) is 0.731. The van der Waals surface area contributed by atoms with Gasteiger partial charge >= 0.3 is 0 Å². The Hall–Kier alpha value is -1.70. The molecule has 7 heteroatoms. The number of nitrogens with two attached hydrogens (primary N) is 1. The number of hydrogen-bond donors (Lipinski definition) is 1. The molecular formula is C16H15BrN4OS. The average Bonchev–Trinajstić information content (AvgIpc) is 3.22. The molecule has 0 radical (unpaired) electrons. The molecule has 1 fully saturated rings. The lowest BCUT2D eigenvalue weighted by Crippen LogP contribution is -2.41. The number of fused-ring (bicyclic) bond motifs is 1. The summed E-state index contributed by atoms with van der Waals surface area (Å²) in [5.41, 5.74) is 7.65. The van der Waals surface area contributed by atoms with Gasteiger partial charge in [-0.3, -0.25) is 9.20 Å². The monoisotopic (exact) mass is 390 g/mol. The predicted molar refractivity (Wildman–Crippen MR) is 93.6 cm³/mol. The summed E-state index contributed by atoms with van der Waals surface area (Å²) in [6, 6.07) is 9.99. The largest absolute Gasteiger partial charge is 0.335 e. The van der Waals surface area contributed by atoms with Crippen LogP contribution in [0.2, 0.25) is 0 Å². The molecule has 1 aliphatic rings. The van der Waals surface area contributed by atoms with E-state index in [1.807, 2.05) is 45.8 Å². The molecule has 2 N–H and O–H groups in total. The number of hydrogen-bond acceptors (Lipinski definition) is 4. The number of thiazole rings is 1. The first-order valence-corrected chi connectivity index (χ1v) is 8.93. The van der Waals surface area contributed by atoms with Gasteiger partial charge in [0.1, 0.15) is 11.2 Å². The Morgan fingerprint density at radius 2 is 2.13 bits per heavy atom. The molecule has 2 aromatic heterocycles. The third kappa shape index (κ3) is 2.49. The van der Waals surface area contributed by atoms with Crippen molar-refractivity contribution in [2.24, 2.45) is 5.73 Å². The van der Waals surface area contributed by atoms with Gasteiger partial charge in [0.25, 0.3) is 5.91 Å². The van der Waals surface area contributed by atoms with Crippen LogP contribution in [0.5, 0.6) is 0 Å². The van der Waals surface area contributed by atoms with Crippen LogP contribution in [-0.2, 0) is 5.54 Å². The molecule has 1 unspecified atom stereocenters. The summed E-state index contributed by atoms with van der Waals surface area (Å²) in [4.78, 5) is 19.8. The molecule has 5 nitrogen and oxygen atoms in total. The molecule has 0 aliphatic carbocycles. The van der Waals surface area contributed by atoms with Gasteiger partial charge < -0.3 is 10.6 Å². The van der Waals surface area contributed by atoms with Crippen molar-refractivity contribution in [3.63, 3.8) is 0 Å². The van der Waals surface area contributed by atoms with Gasteiger partial charge in [-0.15, -0.1) is 11.3 Å². The van der Waals surface area contributed by atoms with Crippen LogP contribution in [0, 0.1) is 0 Å². The fraction of sp³-hybridized carbons (Fsp3) is 0.250. The highest BCUT2D eigenvalue weighted by molar-refractivity contribution is 9.11. The first-order chi connectivity index (χ1) is 11.1. The van der Waals surface area contributed by atoms with Crippen molar-refractivity contribution in [2.45, 2.75) is 12.0 Å². The Kier molecular flexibility index (Phi) is 3.51. The molecule has 4 rings (SSSR count). The number of aromatic nitrogens is 2. The number of benzene rings is 1. The van der Waals surface area contributed by atoms with E-state index in [9.17, 15) is 4.79 Å². The molecule has 1 aromatic carbocycles. The average molecular weight is 391 g/mol. The minimum absolute atomic E-state index is 0.0508. The lowest BCUT2D eigenvalue weighted by atomic mass is 9.90. The van der Waals surface area contributed by atoms with Crippen molar-refractivity contribution in [1.29, 1.82) is 0 Å². The van der Waals surface area contributed by atoms with Gasteiger partial charge in [0.05, 0.1) is 9.33 Å². The summed E-state index contributed by atoms with van der Waals surface area (Å²) in [5, 5.41) is 0. The Labute approximate surface area is 145 Å². The minimum Gasteiger partial charge on any atom is -0.335 e. The number of likely N-dealkylation sites (tertiary alicyclic amines) is 1. The van der Waals surface area contributed by atoms with Crippen molar-refractivity contribution >= 4 is 38.0 Å². The second-order valence-corrected chi connectivity index (χ2v) is 8.25. The van der Waals surface area contributed by atoms with E-state index in [-0.39, 0.29) is 5.91 Å². The maximum absolute atomic E-state index is 12.8. The number of rotatable bonds is 2. The lowest BCUT2D eigenvalue weighted by molar-refractivity contribution is 0.0780. The van der Waals surface area contributed by atoms with Crippen molar-refractivity contribution in [3.05, 3.63) is 57.9 Å². The summed E-state index contributed by atoms with van der Waals surface area (Å²) in [6.07, 6.45) is 4.34. The van der Waals surface area contributed by atoms with Gasteiger partial charge in [0.15, 0.2) is 5.69 Å². The molecule has 1 aliphatic heterocycles. The summed E-state index contributed by atoms with van der Waals surface area (Å²) in [5.74, 6) is -0.0508. The number of amides is 1. The van der Waals surface area contributed by atoms with E-state index in [1.165, 1.54) is 11.3 Å². The molecule has 0 bridgehead atoms. The molecule has 1 atom stereocenters. The number of halogens is 1. The first kappa shape index (κ1) is 14.9. The summed E-state index contributed by atoms with van der Waals surface area (Å²) in [7, 11) is 0. The Balaban J connectivity index is 1.61. The van der Waals surface area contributed by atoms with E-state index in [2.05, 4.69) is 20.9 Å². The summed E-state index contributed by atoms with van der Waals surface area (Å²) < 4.78 is 2.84. The third-order valence-corrected chi connectivity index (χ3v) is 5.91. The standard InChI is InChI=1S/C16H15BrN4OS/c17-12-8-21-10-19-13(15(21)23-12)14(22)20-7-6-16(18,9-20)11-4-2-1-3-5-11/h1-5,8,10H,6-7,9,18H2. The SMILES string of the molecule is NC1(c2ccccc2)CCN(C(=O)c2ncn3cc(Br)sc23)C1. The molecule has 3 heterocycles. The van der Waals surface area contributed by atoms with E-state index in [0.29, 0.717) is 18.8 Å². The van der Waals surface area contributed by atoms with Gasteiger partial charge in [0.2, 0.25) is 0 Å². The van der Waals surface area contributed by atoms with Gasteiger partial charge in [-0.2, -0.15) is 0 Å². The van der Waals surface area contributed by atoms with Crippen LogP contribution in [0.1, 0.15) is 22.5 Å². The number of nitrogens with zero attached hydrogens (tertiary/aromatic N) is 3. The Morgan fingerprint density at radius 1 is 1.35 bits per heavy atom. The van der Waals surface area contributed by atoms with Gasteiger partial charge in [0, 0.05) is 19.3 Å². The van der Waals surface area contributed by atoms with Crippen LogP contribution in [0.4, 0.5) is 0 Å². The summed E-state index contributed by atoms with van der Waals surface area (Å²) >= 11 is 4.95. The second kappa shape index (κ2) is 5.43. The Bertz CT molecular complexity index is 875. The topological polar surface area (TPSA) is 63.6 Å². The third-order valence-electron chi connectivity index (χ3n) is 4.32. The smallest absolute Gasteiger partial charge is 0.275 e. The highest BCUT2D eigenvalue weighted by Gasteiger charge is 2.39. The minimum atomic E-state index is -0.480. The zero-order chi connectivity index (χ0) is 16.0. The normalized spacial score (nSPS) is 21.2. The van der Waals surface area contributed by atoms with Gasteiger partial charge in [-0.05, 0) is 27.9 Å². The lowest BCUT2D eigenvalue weighted by Gasteiger charge is -2.25. The number of imidazole rings is 1. The molecule has 118 valence electrons. The maximum Gasteiger partial charge on any atom is 0.275 e. The van der Waals surface area contributed by atoms with Crippen LogP contribution < -0.4 is 5.73 Å². The van der Waals surface area contributed by atoms with Crippen molar-refractivity contribution in [3.8, 4) is 0 Å². The summed E-state index contributed by atoms with van der Waals surface area (Å²) in [6.45, 7) is 1.16. The second-order valence-electron chi connectivity index (χ2n) is 5.84. The molecule has 23 heavy (non-hydrogen) atoms. The highest BCUT2D eigenvalue weighted by Crippen LogP contribution is 2.32. The molecule has 1 saturated heterocycles. The van der Waals surface area contributed by atoms with Crippen LogP contribution in [0.3, 0.4) is 0 Å². The van der Waals surface area contributed by atoms with Gasteiger partial charge in [-0.25, -0.2) is 4.98 Å². The van der Waals surface area contributed by atoms with E-state index in [0.717, 1.165) is 20.6 Å². The van der Waals surface area contributed by atoms with Crippen LogP contribution in [0.25, 0.3) is 4.83 Å². The van der Waals surface area contributed by atoms with E-state index in [4.69, 9.17) is 5.73 Å². The van der Waals surface area contributed by atoms with E-state index >= 15 is 0 Å².